The van der Waals surface area contributed by atoms with E-state index in [2.05, 4.69) is 71.5 Å². The van der Waals surface area contributed by atoms with Gasteiger partial charge in [-0.2, -0.15) is 0 Å². The van der Waals surface area contributed by atoms with Gasteiger partial charge >= 0.3 is 0 Å². The Labute approximate surface area is 183 Å². The Balaban J connectivity index is 1.36. The first-order valence-corrected chi connectivity index (χ1v) is 11.0. The Bertz CT molecular complexity index is 1140. The van der Waals surface area contributed by atoms with E-state index >= 15 is 0 Å². The highest BCUT2D eigenvalue weighted by Crippen LogP contribution is 2.24. The van der Waals surface area contributed by atoms with Crippen LogP contribution in [0.1, 0.15) is 42.2 Å². The van der Waals surface area contributed by atoms with E-state index in [-0.39, 0.29) is 11.9 Å². The van der Waals surface area contributed by atoms with Gasteiger partial charge in [-0.3, -0.25) is 4.79 Å². The molecule has 1 amide bonds. The van der Waals surface area contributed by atoms with Crippen LogP contribution in [0.2, 0.25) is 0 Å². The molecule has 1 N–H and O–H groups in total. The fourth-order valence-electron chi connectivity index (χ4n) is 4.23. The fourth-order valence-corrected chi connectivity index (χ4v) is 4.23. The quantitative estimate of drug-likeness (QED) is 0.384. The van der Waals surface area contributed by atoms with E-state index in [0.717, 1.165) is 25.1 Å². The summed E-state index contributed by atoms with van der Waals surface area (Å²) in [5, 5.41) is 4.36. The van der Waals surface area contributed by atoms with Crippen molar-refractivity contribution in [1.82, 2.24) is 9.88 Å². The molecule has 2 aromatic carbocycles. The first-order chi connectivity index (χ1) is 15.1. The van der Waals surface area contributed by atoms with Gasteiger partial charge in [0, 0.05) is 42.5 Å². The van der Waals surface area contributed by atoms with E-state index in [1.165, 1.54) is 27.6 Å². The van der Waals surface area contributed by atoms with Gasteiger partial charge in [0.05, 0.1) is 6.26 Å². The zero-order chi connectivity index (χ0) is 21.6. The van der Waals surface area contributed by atoms with Gasteiger partial charge in [-0.1, -0.05) is 48.0 Å². The van der Waals surface area contributed by atoms with Gasteiger partial charge in [0.15, 0.2) is 0 Å². The SMILES string of the molecule is Cc1cccc(Cn2cc(CCCC(=O)NC(C)Cc3ccco3)c3ccccc32)c1. The van der Waals surface area contributed by atoms with E-state index in [1.54, 1.807) is 6.26 Å². The van der Waals surface area contributed by atoms with Crippen molar-refractivity contribution < 1.29 is 9.21 Å². The van der Waals surface area contributed by atoms with Gasteiger partial charge in [0.25, 0.3) is 0 Å². The molecule has 1 atom stereocenters. The molecule has 1 unspecified atom stereocenters. The maximum Gasteiger partial charge on any atom is 0.220 e. The number of aromatic nitrogens is 1. The molecule has 0 aliphatic heterocycles. The average Bonchev–Trinajstić information content (AvgIpc) is 3.36. The van der Waals surface area contributed by atoms with Gasteiger partial charge in [-0.05, 0) is 56.0 Å². The molecule has 0 fully saturated rings. The van der Waals surface area contributed by atoms with E-state index in [1.807, 2.05) is 19.1 Å². The molecule has 0 bridgehead atoms. The zero-order valence-electron chi connectivity index (χ0n) is 18.3. The number of amides is 1. The van der Waals surface area contributed by atoms with Crippen LogP contribution in [-0.4, -0.2) is 16.5 Å². The minimum absolute atomic E-state index is 0.0647. The van der Waals surface area contributed by atoms with Gasteiger partial charge in [0.1, 0.15) is 5.76 Å². The second kappa shape index (κ2) is 9.69. The predicted octanol–water partition coefficient (Wildman–Crippen LogP) is 5.66. The molecule has 0 saturated carbocycles. The second-order valence-corrected chi connectivity index (χ2v) is 8.39. The molecule has 4 rings (SSSR count). The standard InChI is InChI=1S/C27H30N2O2/c1-20-8-5-9-22(16-20)18-29-19-23(25-12-3-4-13-26(25)29)10-6-14-27(30)28-21(2)17-24-11-7-15-31-24/h3-5,7-9,11-13,15-16,19,21H,6,10,14,17-18H2,1-2H3,(H,28,30). The van der Waals surface area contributed by atoms with E-state index in [9.17, 15) is 4.79 Å². The van der Waals surface area contributed by atoms with Crippen LogP contribution in [0.4, 0.5) is 0 Å². The molecule has 2 aromatic heterocycles. The van der Waals surface area contributed by atoms with Crippen molar-refractivity contribution in [2.75, 3.05) is 0 Å². The summed E-state index contributed by atoms with van der Waals surface area (Å²) in [5.41, 5.74) is 5.13. The number of fused-ring (bicyclic) bond motifs is 1. The molecule has 0 radical (unpaired) electrons. The first-order valence-electron chi connectivity index (χ1n) is 11.0. The van der Waals surface area contributed by atoms with Crippen molar-refractivity contribution in [2.24, 2.45) is 0 Å². The van der Waals surface area contributed by atoms with E-state index in [4.69, 9.17) is 4.42 Å². The van der Waals surface area contributed by atoms with Crippen molar-refractivity contribution in [3.8, 4) is 0 Å². The first kappa shape index (κ1) is 21.0. The van der Waals surface area contributed by atoms with Crippen LogP contribution in [0.15, 0.2) is 77.5 Å². The number of furan rings is 1. The number of benzene rings is 2. The molecular weight excluding hydrogens is 384 g/mol. The number of carbonyl (C=O) groups excluding carboxylic acids is 1. The fraction of sp³-hybridized carbons (Fsp3) is 0.296. The summed E-state index contributed by atoms with van der Waals surface area (Å²) in [6.45, 7) is 5.00. The second-order valence-electron chi connectivity index (χ2n) is 8.39. The minimum Gasteiger partial charge on any atom is -0.469 e. The van der Waals surface area contributed by atoms with E-state index in [0.29, 0.717) is 12.8 Å². The summed E-state index contributed by atoms with van der Waals surface area (Å²) in [6, 6.07) is 21.1. The molecule has 0 spiro atoms. The molecule has 2 heterocycles. The number of para-hydroxylation sites is 1. The molecule has 0 aliphatic rings. The van der Waals surface area contributed by atoms with Gasteiger partial charge < -0.3 is 14.3 Å². The summed E-state index contributed by atoms with van der Waals surface area (Å²) in [5.74, 6) is 0.997. The van der Waals surface area contributed by atoms with Crippen molar-refractivity contribution in [2.45, 2.75) is 52.1 Å². The third-order valence-corrected chi connectivity index (χ3v) is 5.65. The third-order valence-electron chi connectivity index (χ3n) is 5.65. The van der Waals surface area contributed by atoms with Crippen LogP contribution in [0.25, 0.3) is 10.9 Å². The number of hydrogen-bond acceptors (Lipinski definition) is 2. The van der Waals surface area contributed by atoms with Crippen molar-refractivity contribution in [3.05, 3.63) is 95.6 Å². The molecule has 4 nitrogen and oxygen atoms in total. The lowest BCUT2D eigenvalue weighted by atomic mass is 10.1. The van der Waals surface area contributed by atoms with Gasteiger partial charge in [0.2, 0.25) is 5.91 Å². The topological polar surface area (TPSA) is 47.2 Å². The number of hydrogen-bond donors (Lipinski definition) is 1. The number of rotatable bonds is 9. The lowest BCUT2D eigenvalue weighted by Crippen LogP contribution is -2.33. The maximum atomic E-state index is 12.4. The number of carbonyl (C=O) groups is 1. The van der Waals surface area contributed by atoms with Crippen LogP contribution in [-0.2, 0) is 24.2 Å². The molecular formula is C27H30N2O2. The molecule has 31 heavy (non-hydrogen) atoms. The Morgan fingerprint density at radius 2 is 1.97 bits per heavy atom. The lowest BCUT2D eigenvalue weighted by Gasteiger charge is -2.12. The number of aryl methyl sites for hydroxylation is 2. The Morgan fingerprint density at radius 1 is 1.10 bits per heavy atom. The van der Waals surface area contributed by atoms with Crippen molar-refractivity contribution in [1.29, 1.82) is 0 Å². The zero-order valence-corrected chi connectivity index (χ0v) is 18.3. The summed E-state index contributed by atoms with van der Waals surface area (Å²) in [7, 11) is 0. The van der Waals surface area contributed by atoms with Crippen molar-refractivity contribution in [3.63, 3.8) is 0 Å². The van der Waals surface area contributed by atoms with Crippen LogP contribution in [0.3, 0.4) is 0 Å². The molecule has 4 heteroatoms. The normalized spacial score (nSPS) is 12.2. The van der Waals surface area contributed by atoms with Crippen LogP contribution in [0, 0.1) is 6.92 Å². The molecule has 160 valence electrons. The van der Waals surface area contributed by atoms with Crippen molar-refractivity contribution >= 4 is 16.8 Å². The smallest absolute Gasteiger partial charge is 0.220 e. The highest BCUT2D eigenvalue weighted by molar-refractivity contribution is 5.84. The third kappa shape index (κ3) is 5.46. The van der Waals surface area contributed by atoms with Crippen LogP contribution < -0.4 is 5.32 Å². The Kier molecular flexibility index (Phi) is 6.56. The lowest BCUT2D eigenvalue weighted by molar-refractivity contribution is -0.121. The maximum absolute atomic E-state index is 12.4. The highest BCUT2D eigenvalue weighted by atomic mass is 16.3. The molecule has 4 aromatic rings. The Morgan fingerprint density at radius 3 is 2.77 bits per heavy atom. The van der Waals surface area contributed by atoms with E-state index < -0.39 is 0 Å². The molecule has 0 saturated heterocycles. The summed E-state index contributed by atoms with van der Waals surface area (Å²) >= 11 is 0. The summed E-state index contributed by atoms with van der Waals surface area (Å²) in [4.78, 5) is 12.4. The summed E-state index contributed by atoms with van der Waals surface area (Å²) < 4.78 is 7.69. The predicted molar refractivity (Wildman–Crippen MR) is 125 cm³/mol. The summed E-state index contributed by atoms with van der Waals surface area (Å²) in [6.07, 6.45) is 6.88. The minimum atomic E-state index is 0.0647. The number of nitrogens with zero attached hydrogens (tertiary/aromatic N) is 1. The average molecular weight is 415 g/mol. The Hall–Kier alpha value is -3.27. The van der Waals surface area contributed by atoms with Gasteiger partial charge in [-0.15, -0.1) is 0 Å². The van der Waals surface area contributed by atoms with Crippen LogP contribution in [0.5, 0.6) is 0 Å². The monoisotopic (exact) mass is 414 g/mol. The van der Waals surface area contributed by atoms with Crippen LogP contribution >= 0.6 is 0 Å². The highest BCUT2D eigenvalue weighted by Gasteiger charge is 2.12. The molecule has 0 aliphatic carbocycles. The number of nitrogens with one attached hydrogen (secondary N) is 1. The van der Waals surface area contributed by atoms with Gasteiger partial charge in [-0.25, -0.2) is 0 Å². The largest absolute Gasteiger partial charge is 0.469 e.